The number of fused-ring (bicyclic) bond motifs is 1. The number of anilines is 1. The van der Waals surface area contributed by atoms with Gasteiger partial charge in [0.2, 0.25) is 15.9 Å². The Morgan fingerprint density at radius 1 is 1.25 bits per heavy atom. The highest BCUT2D eigenvalue weighted by molar-refractivity contribution is 7.89. The maximum absolute atomic E-state index is 12.5. The summed E-state index contributed by atoms with van der Waals surface area (Å²) in [6.45, 7) is 2.14. The Morgan fingerprint density at radius 2 is 2.08 bits per heavy atom. The Balaban J connectivity index is 1.77. The second-order valence-electron chi connectivity index (χ2n) is 5.78. The lowest BCUT2D eigenvalue weighted by Crippen LogP contribution is -2.23. The first-order chi connectivity index (χ1) is 11.5. The minimum Gasteiger partial charge on any atom is -0.326 e. The molecule has 0 unspecified atom stereocenters. The summed E-state index contributed by atoms with van der Waals surface area (Å²) in [5.74, 6) is -0.0338. The van der Waals surface area contributed by atoms with Crippen LogP contribution in [-0.4, -0.2) is 24.5 Å². The number of sulfonamides is 1. The monoisotopic (exact) mass is 348 g/mol. The molecule has 0 aliphatic carbocycles. The third kappa shape index (κ3) is 3.65. The van der Waals surface area contributed by atoms with Gasteiger partial charge in [-0.1, -0.05) is 6.92 Å². The molecule has 1 aromatic carbocycles. The van der Waals surface area contributed by atoms with Gasteiger partial charge in [0.15, 0.2) is 0 Å². The van der Waals surface area contributed by atoms with Crippen molar-refractivity contribution in [3.8, 4) is 0 Å². The fraction of sp³-hybridized carbons (Fsp3) is 0.375. The van der Waals surface area contributed by atoms with Crippen molar-refractivity contribution < 1.29 is 13.2 Å². The summed E-state index contributed by atoms with van der Waals surface area (Å²) >= 11 is 0. The molecule has 0 radical (unpaired) electrons. The summed E-state index contributed by atoms with van der Waals surface area (Å²) in [6, 6.07) is 6.64. The maximum atomic E-state index is 12.5. The van der Waals surface area contributed by atoms with Gasteiger partial charge in [0.25, 0.3) is 0 Å². The van der Waals surface area contributed by atoms with Crippen LogP contribution >= 0.6 is 0 Å². The molecule has 0 atom stereocenters. The van der Waals surface area contributed by atoms with Gasteiger partial charge in [0.05, 0.1) is 22.8 Å². The summed E-state index contributed by atoms with van der Waals surface area (Å²) < 4.78 is 27.5. The molecule has 1 aromatic heterocycles. The van der Waals surface area contributed by atoms with E-state index < -0.39 is 10.0 Å². The number of aromatic nitrogens is 2. The van der Waals surface area contributed by atoms with Crippen molar-refractivity contribution in [3.63, 3.8) is 0 Å². The highest BCUT2D eigenvalue weighted by Crippen LogP contribution is 2.25. The zero-order valence-corrected chi connectivity index (χ0v) is 14.2. The number of amides is 1. The van der Waals surface area contributed by atoms with Gasteiger partial charge in [-0.15, -0.1) is 0 Å². The standard InChI is InChI=1S/C16H20N4O3S/c1-2-12-9-13(20-19-12)10-17-24(22,23)14-6-7-15-11(8-14)4-3-5-16(21)18-15/h6-9,17H,2-5,10H2,1H3,(H,18,21)(H,19,20). The molecule has 8 heteroatoms. The summed E-state index contributed by atoms with van der Waals surface area (Å²) in [6.07, 6.45) is 2.63. The molecule has 1 aliphatic heterocycles. The second-order valence-corrected chi connectivity index (χ2v) is 7.55. The Hall–Kier alpha value is -2.19. The second kappa shape index (κ2) is 6.74. The number of carbonyl (C=O) groups excluding carboxylic acids is 1. The number of nitrogens with one attached hydrogen (secondary N) is 3. The van der Waals surface area contributed by atoms with Crippen LogP contribution in [0.3, 0.4) is 0 Å². The van der Waals surface area contributed by atoms with Gasteiger partial charge in [0, 0.05) is 12.1 Å². The van der Waals surface area contributed by atoms with Crippen LogP contribution in [0, 0.1) is 0 Å². The first-order valence-electron chi connectivity index (χ1n) is 7.93. The lowest BCUT2D eigenvalue weighted by Gasteiger charge is -2.10. The Kier molecular flexibility index (Phi) is 4.68. The van der Waals surface area contributed by atoms with E-state index in [0.717, 1.165) is 23.4 Å². The molecule has 0 saturated heterocycles. The van der Waals surface area contributed by atoms with Gasteiger partial charge in [-0.25, -0.2) is 13.1 Å². The van der Waals surface area contributed by atoms with Gasteiger partial charge >= 0.3 is 0 Å². The first kappa shape index (κ1) is 16.7. The lowest BCUT2D eigenvalue weighted by molar-refractivity contribution is -0.116. The quantitative estimate of drug-likeness (QED) is 0.765. The van der Waals surface area contributed by atoms with E-state index in [9.17, 15) is 13.2 Å². The smallest absolute Gasteiger partial charge is 0.240 e. The van der Waals surface area contributed by atoms with Crippen molar-refractivity contribution in [2.45, 2.75) is 44.0 Å². The molecule has 1 amide bonds. The molecule has 7 nitrogen and oxygen atoms in total. The maximum Gasteiger partial charge on any atom is 0.240 e. The van der Waals surface area contributed by atoms with Crippen LogP contribution in [0.1, 0.15) is 36.7 Å². The molecule has 0 saturated carbocycles. The zero-order valence-electron chi connectivity index (χ0n) is 13.4. The number of aryl methyl sites for hydroxylation is 2. The van der Waals surface area contributed by atoms with Gasteiger partial charge in [-0.05, 0) is 49.1 Å². The van der Waals surface area contributed by atoms with Crippen LogP contribution in [0.5, 0.6) is 0 Å². The van der Waals surface area contributed by atoms with Gasteiger partial charge < -0.3 is 5.32 Å². The van der Waals surface area contributed by atoms with Crippen molar-refractivity contribution >= 4 is 21.6 Å². The van der Waals surface area contributed by atoms with Crippen LogP contribution < -0.4 is 10.0 Å². The zero-order chi connectivity index (χ0) is 17.2. The summed E-state index contributed by atoms with van der Waals surface area (Å²) in [5, 5.41) is 9.70. The van der Waals surface area contributed by atoms with Crippen molar-refractivity contribution in [1.29, 1.82) is 0 Å². The van der Waals surface area contributed by atoms with Gasteiger partial charge in [-0.2, -0.15) is 5.10 Å². The number of rotatable bonds is 5. The number of carbonyl (C=O) groups is 1. The van der Waals surface area contributed by atoms with E-state index in [1.54, 1.807) is 12.1 Å². The highest BCUT2D eigenvalue weighted by atomic mass is 32.2. The van der Waals surface area contributed by atoms with Crippen LogP contribution in [0.25, 0.3) is 0 Å². The molecular weight excluding hydrogens is 328 g/mol. The van der Waals surface area contributed by atoms with E-state index in [1.165, 1.54) is 6.07 Å². The van der Waals surface area contributed by atoms with E-state index in [0.29, 0.717) is 24.9 Å². The predicted octanol–water partition coefficient (Wildman–Crippen LogP) is 1.73. The van der Waals surface area contributed by atoms with Crippen molar-refractivity contribution in [2.24, 2.45) is 0 Å². The van der Waals surface area contributed by atoms with Crippen LogP contribution in [0.2, 0.25) is 0 Å². The van der Waals surface area contributed by atoms with Crippen LogP contribution in [0.4, 0.5) is 5.69 Å². The normalized spacial score (nSPS) is 14.8. The number of H-pyrrole nitrogens is 1. The Morgan fingerprint density at radius 3 is 2.83 bits per heavy atom. The summed E-state index contributed by atoms with van der Waals surface area (Å²) in [5.41, 5.74) is 3.15. The largest absolute Gasteiger partial charge is 0.326 e. The molecule has 0 bridgehead atoms. The van der Waals surface area contributed by atoms with Crippen LogP contribution in [0.15, 0.2) is 29.2 Å². The topological polar surface area (TPSA) is 104 Å². The van der Waals surface area contributed by atoms with E-state index in [4.69, 9.17) is 0 Å². The number of aromatic amines is 1. The lowest BCUT2D eigenvalue weighted by atomic mass is 10.1. The average Bonchev–Trinajstić information content (AvgIpc) is 2.94. The molecule has 0 fully saturated rings. The first-order valence-corrected chi connectivity index (χ1v) is 9.42. The van der Waals surface area contributed by atoms with E-state index >= 15 is 0 Å². The molecule has 3 N–H and O–H groups in total. The van der Waals surface area contributed by atoms with Crippen molar-refractivity contribution in [2.75, 3.05) is 5.32 Å². The van der Waals surface area contributed by atoms with E-state index in [2.05, 4.69) is 20.2 Å². The molecule has 128 valence electrons. The Bertz CT molecular complexity index is 858. The molecule has 3 rings (SSSR count). The van der Waals surface area contributed by atoms with E-state index in [-0.39, 0.29) is 17.3 Å². The van der Waals surface area contributed by atoms with Crippen molar-refractivity contribution in [1.82, 2.24) is 14.9 Å². The highest BCUT2D eigenvalue weighted by Gasteiger charge is 2.19. The SMILES string of the molecule is CCc1cc(CNS(=O)(=O)c2ccc3c(c2)CCCC(=O)N3)[nH]n1. The molecule has 2 heterocycles. The van der Waals surface area contributed by atoms with Crippen LogP contribution in [-0.2, 0) is 34.2 Å². The molecule has 24 heavy (non-hydrogen) atoms. The molecule has 2 aromatic rings. The number of nitrogens with zero attached hydrogens (tertiary/aromatic N) is 1. The summed E-state index contributed by atoms with van der Waals surface area (Å²) in [7, 11) is -3.63. The third-order valence-corrected chi connectivity index (χ3v) is 5.41. The third-order valence-electron chi connectivity index (χ3n) is 4.01. The fourth-order valence-corrected chi connectivity index (χ4v) is 3.71. The van der Waals surface area contributed by atoms with Gasteiger partial charge in [-0.3, -0.25) is 9.89 Å². The van der Waals surface area contributed by atoms with Gasteiger partial charge in [0.1, 0.15) is 0 Å². The predicted molar refractivity (Wildman–Crippen MR) is 90.0 cm³/mol. The minimum atomic E-state index is -3.63. The van der Waals surface area contributed by atoms with Crippen molar-refractivity contribution in [3.05, 3.63) is 41.2 Å². The fourth-order valence-electron chi connectivity index (χ4n) is 2.66. The number of benzene rings is 1. The minimum absolute atomic E-state index is 0.0338. The number of hydrogen-bond donors (Lipinski definition) is 3. The average molecular weight is 348 g/mol. The number of hydrogen-bond acceptors (Lipinski definition) is 4. The van der Waals surface area contributed by atoms with E-state index in [1.807, 2.05) is 13.0 Å². The Labute approximate surface area is 140 Å². The molecule has 1 aliphatic rings. The molecule has 0 spiro atoms. The molecular formula is C16H20N4O3S. The summed E-state index contributed by atoms with van der Waals surface area (Å²) in [4.78, 5) is 11.8.